The van der Waals surface area contributed by atoms with E-state index in [1.807, 2.05) is 19.1 Å². The van der Waals surface area contributed by atoms with Crippen LogP contribution in [-0.4, -0.2) is 29.7 Å². The van der Waals surface area contributed by atoms with Crippen molar-refractivity contribution in [2.75, 3.05) is 18.5 Å². The zero-order valence-corrected chi connectivity index (χ0v) is 24.3. The number of nitrogens with one attached hydrogen (secondary N) is 1. The monoisotopic (exact) mass is 552 g/mol. The number of amides is 1. The maximum atomic E-state index is 12.9. The Kier molecular flexibility index (Phi) is 10.8. The van der Waals surface area contributed by atoms with Gasteiger partial charge in [0.15, 0.2) is 0 Å². The predicted molar refractivity (Wildman–Crippen MR) is 166 cm³/mol. The van der Waals surface area contributed by atoms with Gasteiger partial charge in [0, 0.05) is 29.6 Å². The molecule has 214 valence electrons. The van der Waals surface area contributed by atoms with Crippen LogP contribution < -0.4 is 10.1 Å². The number of carbonyl (C=O) groups excluding carboxylic acids is 2. The molecule has 1 aromatic heterocycles. The Hall–Kier alpha value is -4.32. The van der Waals surface area contributed by atoms with Crippen LogP contribution in [0.2, 0.25) is 0 Å². The van der Waals surface area contributed by atoms with Crippen LogP contribution in [0.25, 0.3) is 16.5 Å². The van der Waals surface area contributed by atoms with E-state index in [4.69, 9.17) is 9.47 Å². The quantitative estimate of drug-likeness (QED) is 0.0973. The van der Waals surface area contributed by atoms with E-state index < -0.39 is 0 Å². The fraction of sp³-hybridized carbons (Fsp3) is 0.314. The van der Waals surface area contributed by atoms with Crippen molar-refractivity contribution < 1.29 is 19.1 Å². The number of nitrogens with zero attached hydrogens (tertiary/aromatic N) is 1. The van der Waals surface area contributed by atoms with Crippen molar-refractivity contribution in [1.82, 2.24) is 4.57 Å². The van der Waals surface area contributed by atoms with Crippen molar-refractivity contribution in [3.63, 3.8) is 0 Å². The molecule has 1 heterocycles. The van der Waals surface area contributed by atoms with Gasteiger partial charge in [-0.2, -0.15) is 0 Å². The number of fused-ring (bicyclic) bond motifs is 1. The minimum atomic E-state index is -0.236. The van der Waals surface area contributed by atoms with Crippen LogP contribution in [0, 0.1) is 0 Å². The summed E-state index contributed by atoms with van der Waals surface area (Å²) in [4.78, 5) is 24.5. The van der Waals surface area contributed by atoms with Gasteiger partial charge in [0.1, 0.15) is 5.75 Å². The highest BCUT2D eigenvalue weighted by atomic mass is 16.5. The number of esters is 1. The number of hydrogen-bond donors (Lipinski definition) is 1. The van der Waals surface area contributed by atoms with Crippen molar-refractivity contribution in [2.24, 2.45) is 0 Å². The number of benzene rings is 3. The molecule has 0 saturated carbocycles. The van der Waals surface area contributed by atoms with Crippen molar-refractivity contribution in [1.29, 1.82) is 0 Å². The van der Waals surface area contributed by atoms with Crippen LogP contribution in [0.3, 0.4) is 0 Å². The highest BCUT2D eigenvalue weighted by Crippen LogP contribution is 2.31. The molecular weight excluding hydrogens is 512 g/mol. The molecule has 4 aromatic rings. The first kappa shape index (κ1) is 29.7. The van der Waals surface area contributed by atoms with Crippen LogP contribution in [0.15, 0.2) is 91.1 Å². The predicted octanol–water partition coefficient (Wildman–Crippen LogP) is 8.19. The highest BCUT2D eigenvalue weighted by Gasteiger charge is 2.16. The lowest BCUT2D eigenvalue weighted by atomic mass is 10.0. The molecular formula is C35H40N2O4. The summed E-state index contributed by atoms with van der Waals surface area (Å²) in [6, 6.07) is 26.8. The molecule has 1 amide bonds. The number of carbonyl (C=O) groups is 2. The summed E-state index contributed by atoms with van der Waals surface area (Å²) in [5, 5.41) is 4.09. The summed E-state index contributed by atoms with van der Waals surface area (Å²) in [7, 11) is 0. The number of para-hydroxylation sites is 2. The van der Waals surface area contributed by atoms with Gasteiger partial charge in [0.25, 0.3) is 0 Å². The standard InChI is InChI=1S/C35H40N2O4/c1-4-6-16-31(27-13-8-7-9-14-27)37-22-21-29-25-28(19-20-32(29)37)26(3)24-34(38)36-30-15-10-11-17-33(30)41-23-12-18-35(39)40-5-2/h7-11,13-15,17,19-22,24-25,31H,4-6,12,16,18,23H2,1-3H3,(H,36,38)/b26-24+. The van der Waals surface area contributed by atoms with Gasteiger partial charge in [-0.25, -0.2) is 0 Å². The highest BCUT2D eigenvalue weighted by molar-refractivity contribution is 6.04. The van der Waals surface area contributed by atoms with Gasteiger partial charge in [-0.1, -0.05) is 68.3 Å². The molecule has 1 atom stereocenters. The van der Waals surface area contributed by atoms with Crippen LogP contribution in [0.4, 0.5) is 5.69 Å². The van der Waals surface area contributed by atoms with Crippen LogP contribution >= 0.6 is 0 Å². The molecule has 4 rings (SSSR count). The SMILES string of the molecule is CCCCC(c1ccccc1)n1ccc2cc(/C(C)=C/C(=O)Nc3ccccc3OCCCC(=O)OCC)ccc21. The average molecular weight is 553 g/mol. The van der Waals surface area contributed by atoms with Crippen molar-refractivity contribution in [3.8, 4) is 5.75 Å². The van der Waals surface area contributed by atoms with E-state index in [0.717, 1.165) is 35.8 Å². The number of unbranched alkanes of at least 4 members (excludes halogenated alkanes) is 1. The first-order valence-corrected chi connectivity index (χ1v) is 14.5. The Morgan fingerprint density at radius 1 is 0.951 bits per heavy atom. The van der Waals surface area contributed by atoms with Crippen molar-refractivity contribution in [3.05, 3.63) is 102 Å². The van der Waals surface area contributed by atoms with Gasteiger partial charge < -0.3 is 19.4 Å². The maximum absolute atomic E-state index is 12.9. The normalized spacial score (nSPS) is 12.2. The molecule has 0 aliphatic rings. The third-order valence-corrected chi connectivity index (χ3v) is 7.11. The lowest BCUT2D eigenvalue weighted by molar-refractivity contribution is -0.143. The number of ether oxygens (including phenoxy) is 2. The summed E-state index contributed by atoms with van der Waals surface area (Å²) in [6.07, 6.45) is 8.03. The van der Waals surface area contributed by atoms with Crippen LogP contribution in [-0.2, 0) is 14.3 Å². The van der Waals surface area contributed by atoms with Gasteiger partial charge in [-0.3, -0.25) is 9.59 Å². The van der Waals surface area contributed by atoms with E-state index >= 15 is 0 Å². The summed E-state index contributed by atoms with van der Waals surface area (Å²) >= 11 is 0. The average Bonchev–Trinajstić information content (AvgIpc) is 3.40. The van der Waals surface area contributed by atoms with Gasteiger partial charge >= 0.3 is 5.97 Å². The van der Waals surface area contributed by atoms with Crippen molar-refractivity contribution in [2.45, 2.75) is 58.9 Å². The first-order valence-electron chi connectivity index (χ1n) is 14.5. The van der Waals surface area contributed by atoms with Crippen molar-refractivity contribution >= 4 is 34.0 Å². The van der Waals surface area contributed by atoms with E-state index in [2.05, 4.69) is 77.6 Å². The number of rotatable bonds is 14. The smallest absolute Gasteiger partial charge is 0.305 e. The van der Waals surface area contributed by atoms with Gasteiger partial charge in [0.2, 0.25) is 5.91 Å². The number of allylic oxidation sites excluding steroid dienone is 1. The second kappa shape index (κ2) is 14.9. The zero-order chi connectivity index (χ0) is 29.0. The topological polar surface area (TPSA) is 69.6 Å². The molecule has 6 nitrogen and oxygen atoms in total. The largest absolute Gasteiger partial charge is 0.491 e. The van der Waals surface area contributed by atoms with E-state index in [1.54, 1.807) is 25.1 Å². The fourth-order valence-corrected chi connectivity index (χ4v) is 5.00. The van der Waals surface area contributed by atoms with Gasteiger partial charge in [0.05, 0.1) is 24.9 Å². The Bertz CT molecular complexity index is 1470. The maximum Gasteiger partial charge on any atom is 0.305 e. The third kappa shape index (κ3) is 8.10. The van der Waals surface area contributed by atoms with Gasteiger partial charge in [-0.05, 0) is 73.7 Å². The minimum Gasteiger partial charge on any atom is -0.491 e. The summed E-state index contributed by atoms with van der Waals surface area (Å²) in [5.41, 5.74) is 4.96. The van der Waals surface area contributed by atoms with Crippen LogP contribution in [0.5, 0.6) is 5.75 Å². The zero-order valence-electron chi connectivity index (χ0n) is 24.3. The van der Waals surface area contributed by atoms with E-state index in [0.29, 0.717) is 37.5 Å². The Morgan fingerprint density at radius 3 is 2.51 bits per heavy atom. The molecule has 0 aliphatic heterocycles. The van der Waals surface area contributed by atoms with E-state index in [1.165, 1.54) is 11.1 Å². The molecule has 0 spiro atoms. The summed E-state index contributed by atoms with van der Waals surface area (Å²) in [5.74, 6) is 0.0987. The second-order valence-electron chi connectivity index (χ2n) is 10.1. The lowest BCUT2D eigenvalue weighted by Crippen LogP contribution is -2.11. The molecule has 0 bridgehead atoms. The Labute approximate surface area is 243 Å². The molecule has 3 aromatic carbocycles. The summed E-state index contributed by atoms with van der Waals surface area (Å²) < 4.78 is 13.2. The molecule has 0 fully saturated rings. The van der Waals surface area contributed by atoms with Crippen LogP contribution in [0.1, 0.15) is 70.0 Å². The number of aromatic nitrogens is 1. The van der Waals surface area contributed by atoms with E-state index in [9.17, 15) is 9.59 Å². The molecule has 41 heavy (non-hydrogen) atoms. The number of anilines is 1. The molecule has 0 saturated heterocycles. The Balaban J connectivity index is 1.45. The third-order valence-electron chi connectivity index (χ3n) is 7.11. The minimum absolute atomic E-state index is 0.230. The Morgan fingerprint density at radius 2 is 1.73 bits per heavy atom. The molecule has 1 unspecified atom stereocenters. The second-order valence-corrected chi connectivity index (χ2v) is 10.1. The lowest BCUT2D eigenvalue weighted by Gasteiger charge is -2.21. The number of hydrogen-bond acceptors (Lipinski definition) is 4. The fourth-order valence-electron chi connectivity index (χ4n) is 5.00. The first-order chi connectivity index (χ1) is 20.0. The van der Waals surface area contributed by atoms with Gasteiger partial charge in [-0.15, -0.1) is 0 Å². The molecule has 1 N–H and O–H groups in total. The van der Waals surface area contributed by atoms with E-state index in [-0.39, 0.29) is 17.9 Å². The molecule has 0 radical (unpaired) electrons. The molecule has 0 aliphatic carbocycles. The summed E-state index contributed by atoms with van der Waals surface area (Å²) in [6.45, 7) is 6.69. The molecule has 6 heteroatoms.